The zero-order chi connectivity index (χ0) is 11.8. The number of hydrogen-bond donors (Lipinski definition) is 1. The molecule has 2 N–H and O–H groups in total. The number of hydrogen-bond acceptors (Lipinski definition) is 6. The topological polar surface area (TPSA) is 104 Å². The minimum Gasteiger partial charge on any atom is -0.396 e. The number of nitrogen functional groups attached to an aromatic ring is 1. The van der Waals surface area contributed by atoms with Crippen LogP contribution in [-0.4, -0.2) is 34.4 Å². The van der Waals surface area contributed by atoms with Crippen LogP contribution in [-0.2, 0) is 9.84 Å². The lowest BCUT2D eigenvalue weighted by Gasteiger charge is -1.97. The number of nitrogens with zero attached hydrogens (tertiary/aromatic N) is 4. The van der Waals surface area contributed by atoms with Gasteiger partial charge < -0.3 is 5.73 Å². The van der Waals surface area contributed by atoms with Gasteiger partial charge in [0.1, 0.15) is 4.90 Å². The standard InChI is InChI=1S/C8H9N5O2S/c1-16(14,15)7-4-12-13(5-7)8-10-2-6(9)3-11-8/h2-5H,9H2,1H3. The van der Waals surface area contributed by atoms with E-state index in [2.05, 4.69) is 15.1 Å². The summed E-state index contributed by atoms with van der Waals surface area (Å²) in [5.41, 5.74) is 5.86. The van der Waals surface area contributed by atoms with Crippen LogP contribution in [0.15, 0.2) is 29.7 Å². The summed E-state index contributed by atoms with van der Waals surface area (Å²) >= 11 is 0. The minimum absolute atomic E-state index is 0.118. The molecule has 16 heavy (non-hydrogen) atoms. The van der Waals surface area contributed by atoms with Crippen molar-refractivity contribution < 1.29 is 8.42 Å². The Labute approximate surface area is 91.9 Å². The van der Waals surface area contributed by atoms with Gasteiger partial charge in [-0.2, -0.15) is 5.10 Å². The first kappa shape index (κ1) is 10.6. The molecular weight excluding hydrogens is 230 g/mol. The van der Waals surface area contributed by atoms with E-state index < -0.39 is 9.84 Å². The van der Waals surface area contributed by atoms with Gasteiger partial charge in [0.15, 0.2) is 9.84 Å². The number of anilines is 1. The van der Waals surface area contributed by atoms with Crippen molar-refractivity contribution in [2.75, 3.05) is 12.0 Å². The quantitative estimate of drug-likeness (QED) is 0.768. The van der Waals surface area contributed by atoms with E-state index >= 15 is 0 Å². The molecule has 2 rings (SSSR count). The van der Waals surface area contributed by atoms with Crippen molar-refractivity contribution in [3.63, 3.8) is 0 Å². The van der Waals surface area contributed by atoms with Gasteiger partial charge in [0.05, 0.1) is 30.5 Å². The van der Waals surface area contributed by atoms with Crippen LogP contribution in [0.4, 0.5) is 5.69 Å². The van der Waals surface area contributed by atoms with Gasteiger partial charge in [-0.3, -0.25) is 0 Å². The third-order valence-electron chi connectivity index (χ3n) is 1.85. The Morgan fingerprint density at radius 2 is 1.88 bits per heavy atom. The Morgan fingerprint density at radius 3 is 2.38 bits per heavy atom. The zero-order valence-electron chi connectivity index (χ0n) is 8.40. The van der Waals surface area contributed by atoms with Crippen LogP contribution in [0, 0.1) is 0 Å². The van der Waals surface area contributed by atoms with Gasteiger partial charge in [-0.05, 0) is 0 Å². The molecule has 0 bridgehead atoms. The van der Waals surface area contributed by atoms with E-state index in [1.807, 2.05) is 0 Å². The second-order valence-electron chi connectivity index (χ2n) is 3.21. The second-order valence-corrected chi connectivity index (χ2v) is 5.22. The third kappa shape index (κ3) is 2.01. The average molecular weight is 239 g/mol. The Kier molecular flexibility index (Phi) is 2.35. The summed E-state index contributed by atoms with van der Waals surface area (Å²) in [7, 11) is -3.26. The zero-order valence-corrected chi connectivity index (χ0v) is 9.22. The van der Waals surface area contributed by atoms with Gasteiger partial charge in [-0.25, -0.2) is 23.1 Å². The third-order valence-corrected chi connectivity index (χ3v) is 2.92. The summed E-state index contributed by atoms with van der Waals surface area (Å²) in [6.07, 6.45) is 6.54. The summed E-state index contributed by atoms with van der Waals surface area (Å²) in [6.45, 7) is 0. The molecule has 0 amide bonds. The molecule has 0 spiro atoms. The number of sulfone groups is 1. The normalized spacial score (nSPS) is 11.6. The maximum Gasteiger partial charge on any atom is 0.250 e. The van der Waals surface area contributed by atoms with Crippen molar-refractivity contribution >= 4 is 15.5 Å². The maximum absolute atomic E-state index is 11.2. The van der Waals surface area contributed by atoms with Gasteiger partial charge in [-0.15, -0.1) is 0 Å². The first-order valence-corrected chi connectivity index (χ1v) is 6.18. The molecule has 0 atom stereocenters. The molecule has 2 aromatic heterocycles. The first-order valence-electron chi connectivity index (χ1n) is 4.29. The highest BCUT2D eigenvalue weighted by atomic mass is 32.2. The molecule has 0 aliphatic heterocycles. The monoisotopic (exact) mass is 239 g/mol. The van der Waals surface area contributed by atoms with Crippen molar-refractivity contribution in [2.45, 2.75) is 4.90 Å². The molecule has 7 nitrogen and oxygen atoms in total. The molecule has 8 heteroatoms. The smallest absolute Gasteiger partial charge is 0.250 e. The van der Waals surface area contributed by atoms with E-state index in [1.54, 1.807) is 0 Å². The molecule has 0 saturated heterocycles. The van der Waals surface area contributed by atoms with Gasteiger partial charge in [0.2, 0.25) is 0 Å². The predicted molar refractivity (Wildman–Crippen MR) is 56.7 cm³/mol. The van der Waals surface area contributed by atoms with Crippen LogP contribution >= 0.6 is 0 Å². The molecule has 84 valence electrons. The van der Waals surface area contributed by atoms with Crippen molar-refractivity contribution in [1.29, 1.82) is 0 Å². The molecule has 2 heterocycles. The van der Waals surface area contributed by atoms with E-state index in [1.165, 1.54) is 29.5 Å². The molecule has 0 aliphatic rings. The maximum atomic E-state index is 11.2. The van der Waals surface area contributed by atoms with E-state index in [0.717, 1.165) is 6.26 Å². The fourth-order valence-corrected chi connectivity index (χ4v) is 1.59. The summed E-state index contributed by atoms with van der Waals surface area (Å²) in [5, 5.41) is 3.85. The molecule has 0 unspecified atom stereocenters. The average Bonchev–Trinajstić information content (AvgIpc) is 2.67. The Bertz CT molecular complexity index is 602. The lowest BCUT2D eigenvalue weighted by Crippen LogP contribution is -2.02. The highest BCUT2D eigenvalue weighted by Gasteiger charge is 2.11. The fourth-order valence-electron chi connectivity index (χ4n) is 1.06. The number of nitrogens with two attached hydrogens (primary N) is 1. The lowest BCUT2D eigenvalue weighted by molar-refractivity contribution is 0.602. The number of rotatable bonds is 2. The molecule has 0 aromatic carbocycles. The largest absolute Gasteiger partial charge is 0.396 e. The second kappa shape index (κ2) is 3.56. The highest BCUT2D eigenvalue weighted by Crippen LogP contribution is 2.09. The van der Waals surface area contributed by atoms with Crippen molar-refractivity contribution in [1.82, 2.24) is 19.7 Å². The van der Waals surface area contributed by atoms with Crippen molar-refractivity contribution in [3.8, 4) is 5.95 Å². The summed E-state index contributed by atoms with van der Waals surface area (Å²) in [4.78, 5) is 7.95. The van der Waals surface area contributed by atoms with Crippen LogP contribution in [0.2, 0.25) is 0 Å². The molecule has 2 aromatic rings. The van der Waals surface area contributed by atoms with Crippen LogP contribution in [0.5, 0.6) is 0 Å². The Morgan fingerprint density at radius 1 is 1.25 bits per heavy atom. The SMILES string of the molecule is CS(=O)(=O)c1cnn(-c2ncc(N)cn2)c1. The first-order chi connectivity index (χ1) is 7.47. The summed E-state index contributed by atoms with van der Waals surface area (Å²) in [5.74, 6) is 0.268. The molecule has 0 aliphatic carbocycles. The van der Waals surface area contributed by atoms with Crippen LogP contribution in [0.1, 0.15) is 0 Å². The fraction of sp³-hybridized carbons (Fsp3) is 0.125. The van der Waals surface area contributed by atoms with E-state index in [0.29, 0.717) is 5.69 Å². The van der Waals surface area contributed by atoms with Crippen molar-refractivity contribution in [2.24, 2.45) is 0 Å². The number of aromatic nitrogens is 4. The van der Waals surface area contributed by atoms with Crippen molar-refractivity contribution in [3.05, 3.63) is 24.8 Å². The molecular formula is C8H9N5O2S. The van der Waals surface area contributed by atoms with Crippen LogP contribution < -0.4 is 5.73 Å². The van der Waals surface area contributed by atoms with E-state index in [4.69, 9.17) is 5.73 Å². The van der Waals surface area contributed by atoms with Crippen LogP contribution in [0.25, 0.3) is 5.95 Å². The summed E-state index contributed by atoms with van der Waals surface area (Å²) in [6, 6.07) is 0. The van der Waals surface area contributed by atoms with E-state index in [9.17, 15) is 8.42 Å². The van der Waals surface area contributed by atoms with Gasteiger partial charge in [-0.1, -0.05) is 0 Å². The molecule has 0 saturated carbocycles. The minimum atomic E-state index is -3.26. The Hall–Kier alpha value is -1.96. The predicted octanol–water partition coefficient (Wildman–Crippen LogP) is -0.352. The van der Waals surface area contributed by atoms with Gasteiger partial charge in [0.25, 0.3) is 5.95 Å². The summed E-state index contributed by atoms with van der Waals surface area (Å²) < 4.78 is 23.7. The van der Waals surface area contributed by atoms with Crippen LogP contribution in [0.3, 0.4) is 0 Å². The molecule has 0 radical (unpaired) electrons. The van der Waals surface area contributed by atoms with Gasteiger partial charge >= 0.3 is 0 Å². The van der Waals surface area contributed by atoms with Gasteiger partial charge in [0, 0.05) is 6.26 Å². The van der Waals surface area contributed by atoms with E-state index in [-0.39, 0.29) is 10.8 Å². The Balaban J connectivity index is 2.43. The lowest BCUT2D eigenvalue weighted by atomic mass is 10.6. The molecule has 0 fully saturated rings. The highest BCUT2D eigenvalue weighted by molar-refractivity contribution is 7.90.